The van der Waals surface area contributed by atoms with Crippen LogP contribution >= 0.6 is 0 Å². The molecule has 15 heavy (non-hydrogen) atoms. The molecule has 4 heteroatoms. The van der Waals surface area contributed by atoms with Crippen LogP contribution in [0, 0.1) is 13.8 Å². The second-order valence-electron chi connectivity index (χ2n) is 3.57. The number of urea groups is 1. The monoisotopic (exact) mass is 207 g/mol. The van der Waals surface area contributed by atoms with Gasteiger partial charge >= 0.3 is 6.03 Å². The predicted octanol–water partition coefficient (Wildman–Crippen LogP) is 1.15. The lowest BCUT2D eigenvalue weighted by molar-refractivity contribution is 0.254. The topological polar surface area (TPSA) is 72.3 Å². The van der Waals surface area contributed by atoms with Crippen LogP contribution in [-0.2, 0) is 0 Å². The van der Waals surface area contributed by atoms with Crippen LogP contribution in [0.25, 0.3) is 0 Å². The fraction of sp³-hybridized carbons (Fsp3) is 0.364. The summed E-state index contributed by atoms with van der Waals surface area (Å²) in [6.45, 7) is 4.80. The van der Waals surface area contributed by atoms with Crippen molar-refractivity contribution in [3.63, 3.8) is 0 Å². The molecule has 0 radical (unpaired) electrons. The van der Waals surface area contributed by atoms with Crippen molar-refractivity contribution in [3.8, 4) is 0 Å². The third kappa shape index (κ3) is 2.70. The Morgan fingerprint density at radius 1 is 1.40 bits per heavy atom. The Hall–Kier alpha value is -1.55. The van der Waals surface area contributed by atoms with Gasteiger partial charge in [0.1, 0.15) is 0 Å². The van der Waals surface area contributed by atoms with Gasteiger partial charge in [0.15, 0.2) is 0 Å². The molecular weight excluding hydrogens is 190 g/mol. The molecule has 0 heterocycles. The van der Waals surface area contributed by atoms with Crippen LogP contribution in [-0.4, -0.2) is 19.1 Å². The summed E-state index contributed by atoms with van der Waals surface area (Å²) in [5, 5.41) is 0. The van der Waals surface area contributed by atoms with Crippen molar-refractivity contribution in [3.05, 3.63) is 29.3 Å². The minimum atomic E-state index is -0.465. The van der Waals surface area contributed by atoms with Gasteiger partial charge < -0.3 is 11.5 Å². The molecule has 0 unspecified atom stereocenters. The van der Waals surface area contributed by atoms with Crippen LogP contribution in [0.5, 0.6) is 0 Å². The van der Waals surface area contributed by atoms with E-state index >= 15 is 0 Å². The van der Waals surface area contributed by atoms with Crippen molar-refractivity contribution in [2.45, 2.75) is 13.8 Å². The van der Waals surface area contributed by atoms with Crippen molar-refractivity contribution >= 4 is 11.7 Å². The second kappa shape index (κ2) is 4.79. The molecule has 1 aromatic rings. The highest BCUT2D eigenvalue weighted by molar-refractivity contribution is 5.91. The molecule has 0 spiro atoms. The maximum absolute atomic E-state index is 11.2. The maximum Gasteiger partial charge on any atom is 0.319 e. The van der Waals surface area contributed by atoms with Gasteiger partial charge in [-0.2, -0.15) is 0 Å². The van der Waals surface area contributed by atoms with E-state index in [-0.39, 0.29) is 0 Å². The molecule has 1 rings (SSSR count). The number of hydrogen-bond acceptors (Lipinski definition) is 2. The highest BCUT2D eigenvalue weighted by atomic mass is 16.2. The average molecular weight is 207 g/mol. The molecule has 4 nitrogen and oxygen atoms in total. The smallest absolute Gasteiger partial charge is 0.319 e. The molecule has 0 atom stereocenters. The number of amides is 2. The van der Waals surface area contributed by atoms with E-state index in [2.05, 4.69) is 0 Å². The van der Waals surface area contributed by atoms with Gasteiger partial charge in [0.05, 0.1) is 0 Å². The van der Waals surface area contributed by atoms with Crippen molar-refractivity contribution in [1.29, 1.82) is 0 Å². The Kier molecular flexibility index (Phi) is 3.68. The lowest BCUT2D eigenvalue weighted by Crippen LogP contribution is -2.39. The van der Waals surface area contributed by atoms with E-state index in [0.717, 1.165) is 16.8 Å². The minimum absolute atomic E-state index is 0.399. The normalized spacial score (nSPS) is 10.1. The number of nitrogens with two attached hydrogens (primary N) is 2. The molecule has 2 amide bonds. The van der Waals surface area contributed by atoms with E-state index in [9.17, 15) is 4.79 Å². The first-order chi connectivity index (χ1) is 7.06. The van der Waals surface area contributed by atoms with Gasteiger partial charge in [0.25, 0.3) is 0 Å². The summed E-state index contributed by atoms with van der Waals surface area (Å²) in [6, 6.07) is 5.40. The Bertz CT molecular complexity index is 363. The van der Waals surface area contributed by atoms with Gasteiger partial charge in [0.2, 0.25) is 0 Å². The van der Waals surface area contributed by atoms with Crippen LogP contribution in [0.15, 0.2) is 18.2 Å². The third-order valence-corrected chi connectivity index (χ3v) is 2.26. The molecule has 82 valence electrons. The second-order valence-corrected chi connectivity index (χ2v) is 3.57. The fourth-order valence-electron chi connectivity index (χ4n) is 1.59. The number of primary amides is 1. The van der Waals surface area contributed by atoms with E-state index in [4.69, 9.17) is 11.5 Å². The summed E-state index contributed by atoms with van der Waals surface area (Å²) in [7, 11) is 0. The van der Waals surface area contributed by atoms with Crippen LogP contribution in [0.3, 0.4) is 0 Å². The van der Waals surface area contributed by atoms with E-state index in [1.54, 1.807) is 0 Å². The average Bonchev–Trinajstić information content (AvgIpc) is 2.15. The van der Waals surface area contributed by atoms with E-state index in [1.165, 1.54) is 4.90 Å². The SMILES string of the molecule is Cc1ccc(N(CCN)C(N)=O)c(C)c1. The lowest BCUT2D eigenvalue weighted by Gasteiger charge is -2.21. The highest BCUT2D eigenvalue weighted by Gasteiger charge is 2.13. The molecule has 4 N–H and O–H groups in total. The van der Waals surface area contributed by atoms with E-state index < -0.39 is 6.03 Å². The van der Waals surface area contributed by atoms with Crippen LogP contribution < -0.4 is 16.4 Å². The van der Waals surface area contributed by atoms with E-state index in [1.807, 2.05) is 32.0 Å². The van der Waals surface area contributed by atoms with Crippen molar-refractivity contribution in [1.82, 2.24) is 0 Å². The number of carbonyl (C=O) groups excluding carboxylic acids is 1. The third-order valence-electron chi connectivity index (χ3n) is 2.26. The standard InChI is InChI=1S/C11H17N3O/c1-8-3-4-10(9(2)7-8)14(6-5-12)11(13)15/h3-4,7H,5-6,12H2,1-2H3,(H2,13,15). The molecule has 0 saturated heterocycles. The first-order valence-corrected chi connectivity index (χ1v) is 4.90. The summed E-state index contributed by atoms with van der Waals surface area (Å²) in [5.74, 6) is 0. The highest BCUT2D eigenvalue weighted by Crippen LogP contribution is 2.20. The van der Waals surface area contributed by atoms with Crippen LogP contribution in [0.2, 0.25) is 0 Å². The van der Waals surface area contributed by atoms with Crippen LogP contribution in [0.1, 0.15) is 11.1 Å². The molecule has 0 aliphatic rings. The van der Waals surface area contributed by atoms with Gasteiger partial charge in [-0.15, -0.1) is 0 Å². The van der Waals surface area contributed by atoms with Crippen molar-refractivity contribution < 1.29 is 4.79 Å². The number of hydrogen-bond donors (Lipinski definition) is 2. The quantitative estimate of drug-likeness (QED) is 0.780. The summed E-state index contributed by atoms with van der Waals surface area (Å²) < 4.78 is 0. The van der Waals surface area contributed by atoms with Gasteiger partial charge in [-0.25, -0.2) is 4.79 Å². The van der Waals surface area contributed by atoms with Gasteiger partial charge in [-0.3, -0.25) is 4.90 Å². The fourth-order valence-corrected chi connectivity index (χ4v) is 1.59. The first kappa shape index (κ1) is 11.5. The van der Waals surface area contributed by atoms with Gasteiger partial charge in [0, 0.05) is 18.8 Å². The van der Waals surface area contributed by atoms with Crippen LogP contribution in [0.4, 0.5) is 10.5 Å². The Morgan fingerprint density at radius 3 is 2.53 bits per heavy atom. The van der Waals surface area contributed by atoms with Gasteiger partial charge in [-0.1, -0.05) is 17.7 Å². The zero-order valence-corrected chi connectivity index (χ0v) is 9.16. The predicted molar refractivity (Wildman–Crippen MR) is 61.9 cm³/mol. The number of anilines is 1. The Balaban J connectivity index is 3.05. The van der Waals surface area contributed by atoms with Gasteiger partial charge in [-0.05, 0) is 25.5 Å². The van der Waals surface area contributed by atoms with Crippen molar-refractivity contribution in [2.75, 3.05) is 18.0 Å². The zero-order chi connectivity index (χ0) is 11.4. The summed E-state index contributed by atoms with van der Waals surface area (Å²) in [4.78, 5) is 12.7. The molecule has 0 saturated carbocycles. The molecule has 0 bridgehead atoms. The zero-order valence-electron chi connectivity index (χ0n) is 9.16. The largest absolute Gasteiger partial charge is 0.351 e. The first-order valence-electron chi connectivity index (χ1n) is 4.90. The van der Waals surface area contributed by atoms with E-state index in [0.29, 0.717) is 13.1 Å². The number of rotatable bonds is 3. The molecular formula is C11H17N3O. The molecule has 0 fully saturated rings. The molecule has 1 aromatic carbocycles. The lowest BCUT2D eigenvalue weighted by atomic mass is 10.1. The summed E-state index contributed by atoms with van der Waals surface area (Å²) in [5.41, 5.74) is 13.8. The maximum atomic E-state index is 11.2. The number of benzene rings is 1. The Morgan fingerprint density at radius 2 is 2.07 bits per heavy atom. The van der Waals surface area contributed by atoms with Crippen molar-refractivity contribution in [2.24, 2.45) is 11.5 Å². The molecule has 0 aromatic heterocycles. The molecule has 0 aliphatic heterocycles. The summed E-state index contributed by atoms with van der Waals surface area (Å²) >= 11 is 0. The number of nitrogens with zero attached hydrogens (tertiary/aromatic N) is 1. The molecule has 0 aliphatic carbocycles. The summed E-state index contributed by atoms with van der Waals surface area (Å²) in [6.07, 6.45) is 0. The number of carbonyl (C=O) groups is 1. The number of aryl methyl sites for hydroxylation is 2. The minimum Gasteiger partial charge on any atom is -0.351 e. The Labute approximate surface area is 89.9 Å².